The molecule has 1 aromatic heterocycles. The lowest BCUT2D eigenvalue weighted by Gasteiger charge is -2.01. The molecule has 0 saturated carbocycles. The van der Waals surface area contributed by atoms with Gasteiger partial charge in [-0.1, -0.05) is 42.1 Å². The fourth-order valence-corrected chi connectivity index (χ4v) is 3.11. The van der Waals surface area contributed by atoms with Gasteiger partial charge in [-0.15, -0.1) is 23.7 Å². The SMILES string of the molecule is CN=C(NC)SCc1csc(-c2ccccc2)n1.Cl. The summed E-state index contributed by atoms with van der Waals surface area (Å²) >= 11 is 3.35. The summed E-state index contributed by atoms with van der Waals surface area (Å²) in [4.78, 5) is 8.77. The van der Waals surface area contributed by atoms with Gasteiger partial charge in [0.05, 0.1) is 5.69 Å². The third-order valence-electron chi connectivity index (χ3n) is 2.35. The Morgan fingerprint density at radius 2 is 2.11 bits per heavy atom. The highest BCUT2D eigenvalue weighted by molar-refractivity contribution is 8.13. The van der Waals surface area contributed by atoms with Crippen LogP contribution in [0, 0.1) is 0 Å². The molecule has 0 radical (unpaired) electrons. The van der Waals surface area contributed by atoms with Crippen LogP contribution < -0.4 is 5.32 Å². The Morgan fingerprint density at radius 3 is 2.74 bits per heavy atom. The number of rotatable bonds is 3. The number of aromatic nitrogens is 1. The first-order valence-corrected chi connectivity index (χ1v) is 7.47. The molecular weight excluding hydrogens is 298 g/mol. The van der Waals surface area contributed by atoms with E-state index < -0.39 is 0 Å². The zero-order chi connectivity index (χ0) is 12.8. The fourth-order valence-electron chi connectivity index (χ4n) is 1.48. The predicted molar refractivity (Wildman–Crippen MR) is 88.5 cm³/mol. The minimum Gasteiger partial charge on any atom is -0.368 e. The van der Waals surface area contributed by atoms with Crippen molar-refractivity contribution in [1.29, 1.82) is 0 Å². The van der Waals surface area contributed by atoms with Crippen LogP contribution in [0.2, 0.25) is 0 Å². The van der Waals surface area contributed by atoms with E-state index in [1.807, 2.05) is 25.2 Å². The monoisotopic (exact) mass is 313 g/mol. The molecule has 6 heteroatoms. The Hall–Kier alpha value is -1.04. The molecule has 19 heavy (non-hydrogen) atoms. The molecule has 0 aliphatic heterocycles. The van der Waals surface area contributed by atoms with Gasteiger partial charge in [0.25, 0.3) is 0 Å². The van der Waals surface area contributed by atoms with E-state index in [2.05, 4.69) is 32.8 Å². The summed E-state index contributed by atoms with van der Waals surface area (Å²) in [7, 11) is 3.67. The van der Waals surface area contributed by atoms with Gasteiger partial charge in [0.1, 0.15) is 5.01 Å². The quantitative estimate of drug-likeness (QED) is 0.694. The van der Waals surface area contributed by atoms with Gasteiger partial charge in [-0.05, 0) is 0 Å². The van der Waals surface area contributed by atoms with Crippen LogP contribution in [-0.2, 0) is 5.75 Å². The highest BCUT2D eigenvalue weighted by atomic mass is 35.5. The van der Waals surface area contributed by atoms with Crippen molar-refractivity contribution in [3.8, 4) is 10.6 Å². The maximum absolute atomic E-state index is 4.64. The number of hydrogen-bond donors (Lipinski definition) is 1. The molecule has 0 spiro atoms. The predicted octanol–water partition coefficient (Wildman–Crippen LogP) is 3.67. The lowest BCUT2D eigenvalue weighted by atomic mass is 10.2. The summed E-state index contributed by atoms with van der Waals surface area (Å²) in [6.45, 7) is 0. The highest BCUT2D eigenvalue weighted by Gasteiger charge is 2.05. The normalized spacial score (nSPS) is 10.9. The van der Waals surface area contributed by atoms with Crippen molar-refractivity contribution in [2.75, 3.05) is 14.1 Å². The molecule has 1 aromatic carbocycles. The van der Waals surface area contributed by atoms with Crippen molar-refractivity contribution in [2.45, 2.75) is 5.75 Å². The number of benzene rings is 1. The van der Waals surface area contributed by atoms with Crippen LogP contribution in [0.4, 0.5) is 0 Å². The molecule has 0 unspecified atom stereocenters. The second-order valence-electron chi connectivity index (χ2n) is 3.58. The molecule has 0 amide bonds. The molecule has 1 N–H and O–H groups in total. The first-order valence-electron chi connectivity index (χ1n) is 5.60. The van der Waals surface area contributed by atoms with Gasteiger partial charge in [-0.3, -0.25) is 4.99 Å². The first kappa shape index (κ1) is 16.0. The van der Waals surface area contributed by atoms with Crippen molar-refractivity contribution in [3.63, 3.8) is 0 Å². The molecule has 0 fully saturated rings. The Bertz CT molecular complexity index is 526. The minimum atomic E-state index is 0. The molecule has 0 aliphatic carbocycles. The van der Waals surface area contributed by atoms with E-state index in [9.17, 15) is 0 Å². The van der Waals surface area contributed by atoms with Gasteiger partial charge in [-0.25, -0.2) is 4.98 Å². The summed E-state index contributed by atoms with van der Waals surface area (Å²) in [6, 6.07) is 10.3. The van der Waals surface area contributed by atoms with Crippen molar-refractivity contribution < 1.29 is 0 Å². The van der Waals surface area contributed by atoms with Gasteiger partial charge in [0.15, 0.2) is 5.17 Å². The highest BCUT2D eigenvalue weighted by Crippen LogP contribution is 2.25. The van der Waals surface area contributed by atoms with Crippen LogP contribution in [0.3, 0.4) is 0 Å². The van der Waals surface area contributed by atoms with E-state index in [1.165, 1.54) is 5.56 Å². The van der Waals surface area contributed by atoms with E-state index in [0.29, 0.717) is 0 Å². The Labute approximate surface area is 128 Å². The van der Waals surface area contributed by atoms with Crippen LogP contribution in [0.25, 0.3) is 10.6 Å². The van der Waals surface area contributed by atoms with Crippen LogP contribution in [-0.4, -0.2) is 24.2 Å². The summed E-state index contributed by atoms with van der Waals surface area (Å²) in [5, 5.41) is 7.17. The molecular formula is C13H16ClN3S2. The number of thioether (sulfide) groups is 1. The lowest BCUT2D eigenvalue weighted by molar-refractivity contribution is 1.18. The number of hydrogen-bond acceptors (Lipinski definition) is 4. The molecule has 0 saturated heterocycles. The standard InChI is InChI=1S/C13H15N3S2.ClH/c1-14-13(15-2)18-9-11-8-17-12(16-11)10-6-4-3-5-7-10;/h3-8H,9H2,1-2H3,(H,14,15);1H. The number of halogens is 1. The molecule has 0 bridgehead atoms. The van der Waals surface area contributed by atoms with Gasteiger partial charge in [0.2, 0.25) is 0 Å². The second kappa shape index (κ2) is 8.19. The van der Waals surface area contributed by atoms with Crippen LogP contribution in [0.15, 0.2) is 40.7 Å². The molecule has 0 atom stereocenters. The van der Waals surface area contributed by atoms with Crippen molar-refractivity contribution in [3.05, 3.63) is 41.4 Å². The van der Waals surface area contributed by atoms with E-state index in [-0.39, 0.29) is 12.4 Å². The molecule has 2 rings (SSSR count). The topological polar surface area (TPSA) is 37.3 Å². The van der Waals surface area contributed by atoms with Gasteiger partial charge in [0, 0.05) is 30.8 Å². The summed E-state index contributed by atoms with van der Waals surface area (Å²) in [5.74, 6) is 0.844. The van der Waals surface area contributed by atoms with Gasteiger partial charge < -0.3 is 5.32 Å². The van der Waals surface area contributed by atoms with E-state index in [1.54, 1.807) is 30.1 Å². The maximum Gasteiger partial charge on any atom is 0.156 e. The third-order valence-corrected chi connectivity index (χ3v) is 4.39. The van der Waals surface area contributed by atoms with Crippen LogP contribution in [0.5, 0.6) is 0 Å². The largest absolute Gasteiger partial charge is 0.368 e. The smallest absolute Gasteiger partial charge is 0.156 e. The Kier molecular flexibility index (Phi) is 6.91. The zero-order valence-electron chi connectivity index (χ0n) is 10.8. The van der Waals surface area contributed by atoms with E-state index in [0.717, 1.165) is 21.6 Å². The number of aliphatic imine (C=N–C) groups is 1. The number of nitrogens with one attached hydrogen (secondary N) is 1. The third kappa shape index (κ3) is 4.53. The van der Waals surface area contributed by atoms with Gasteiger partial charge >= 0.3 is 0 Å². The lowest BCUT2D eigenvalue weighted by Crippen LogP contribution is -2.14. The molecule has 3 nitrogen and oxygen atoms in total. The number of thiazole rings is 1. The maximum atomic E-state index is 4.64. The Morgan fingerprint density at radius 1 is 1.37 bits per heavy atom. The summed E-state index contributed by atoms with van der Waals surface area (Å²) in [6.07, 6.45) is 0. The summed E-state index contributed by atoms with van der Waals surface area (Å²) in [5.41, 5.74) is 2.28. The van der Waals surface area contributed by atoms with E-state index >= 15 is 0 Å². The van der Waals surface area contributed by atoms with Crippen molar-refractivity contribution in [2.24, 2.45) is 4.99 Å². The second-order valence-corrected chi connectivity index (χ2v) is 5.40. The molecule has 1 heterocycles. The Balaban J connectivity index is 0.00000180. The van der Waals surface area contributed by atoms with E-state index in [4.69, 9.17) is 0 Å². The fraction of sp³-hybridized carbons (Fsp3) is 0.231. The van der Waals surface area contributed by atoms with Crippen molar-refractivity contribution in [1.82, 2.24) is 10.3 Å². The summed E-state index contributed by atoms with van der Waals surface area (Å²) < 4.78 is 0. The van der Waals surface area contributed by atoms with Crippen molar-refractivity contribution >= 4 is 40.7 Å². The van der Waals surface area contributed by atoms with Gasteiger partial charge in [-0.2, -0.15) is 0 Å². The number of amidine groups is 1. The van der Waals surface area contributed by atoms with Crippen LogP contribution in [0.1, 0.15) is 5.69 Å². The first-order chi connectivity index (χ1) is 8.83. The minimum absolute atomic E-state index is 0. The molecule has 0 aliphatic rings. The van der Waals surface area contributed by atoms with Crippen LogP contribution >= 0.6 is 35.5 Å². The average molecular weight is 314 g/mol. The number of nitrogens with zero attached hydrogens (tertiary/aromatic N) is 2. The average Bonchev–Trinajstić information content (AvgIpc) is 2.90. The molecule has 2 aromatic rings. The zero-order valence-corrected chi connectivity index (χ0v) is 13.2. The molecule has 102 valence electrons.